The summed E-state index contributed by atoms with van der Waals surface area (Å²) in [6.45, 7) is 2.89. The zero-order valence-corrected chi connectivity index (χ0v) is 17.7. The Hall–Kier alpha value is -3.05. The van der Waals surface area contributed by atoms with E-state index < -0.39 is 43.3 Å². The van der Waals surface area contributed by atoms with Gasteiger partial charge in [0.25, 0.3) is 0 Å². The fraction of sp³-hybridized carbons (Fsp3) is 0.409. The molecule has 1 saturated heterocycles. The van der Waals surface area contributed by atoms with Crippen LogP contribution in [0.4, 0.5) is 11.4 Å². The molecule has 0 saturated carbocycles. The fourth-order valence-electron chi connectivity index (χ4n) is 3.16. The van der Waals surface area contributed by atoms with Gasteiger partial charge in [-0.2, -0.15) is 5.11 Å². The van der Waals surface area contributed by atoms with E-state index in [1.165, 1.54) is 0 Å². The number of hydrogen-bond donors (Lipinski definition) is 4. The van der Waals surface area contributed by atoms with Crippen LogP contribution in [0.15, 0.2) is 52.7 Å². The average Bonchev–Trinajstić information content (AvgIpc) is 2.77. The quantitative estimate of drug-likeness (QED) is 0.452. The van der Waals surface area contributed by atoms with Crippen molar-refractivity contribution in [1.82, 2.24) is 0 Å². The highest BCUT2D eigenvalue weighted by molar-refractivity contribution is 5.68. The Morgan fingerprint density at radius 3 is 2.47 bits per heavy atom. The number of azo groups is 1. The minimum atomic E-state index is -1.41. The maximum Gasteiger partial charge on any atom is 0.329 e. The van der Waals surface area contributed by atoms with Crippen LogP contribution >= 0.6 is 0 Å². The van der Waals surface area contributed by atoms with Crippen molar-refractivity contribution in [3.05, 3.63) is 48.0 Å². The van der Waals surface area contributed by atoms with E-state index in [1.54, 1.807) is 43.3 Å². The number of benzene rings is 2. The lowest BCUT2D eigenvalue weighted by molar-refractivity contribution is -0.276. The SMILES string of the molecule is CCc1ccc(O)c(N=Nc2ccc(O[C@H]3O[C@@H](C)[C@@H](O)[C@@H](OCC(=O)O)[C@@H]3O)cc2)c1. The number of phenolic OH excluding ortho intramolecular Hbond substituents is 1. The van der Waals surface area contributed by atoms with Crippen molar-refractivity contribution in [3.63, 3.8) is 0 Å². The molecule has 4 N–H and O–H groups in total. The number of aryl methyl sites for hydroxylation is 1. The van der Waals surface area contributed by atoms with Crippen LogP contribution in [-0.2, 0) is 20.7 Å². The first-order valence-corrected chi connectivity index (χ1v) is 10.1. The molecule has 10 heteroatoms. The van der Waals surface area contributed by atoms with Crippen LogP contribution in [0.25, 0.3) is 0 Å². The lowest BCUT2D eigenvalue weighted by atomic mass is 9.99. The van der Waals surface area contributed by atoms with Gasteiger partial charge >= 0.3 is 5.97 Å². The molecule has 0 amide bonds. The number of hydrogen-bond acceptors (Lipinski definition) is 9. The number of aromatic hydroxyl groups is 1. The molecule has 3 rings (SSSR count). The number of aliphatic hydroxyl groups excluding tert-OH is 2. The van der Waals surface area contributed by atoms with Gasteiger partial charge in [0, 0.05) is 0 Å². The van der Waals surface area contributed by atoms with E-state index in [2.05, 4.69) is 10.2 Å². The molecule has 2 aromatic carbocycles. The monoisotopic (exact) mass is 446 g/mol. The van der Waals surface area contributed by atoms with Crippen molar-refractivity contribution in [2.45, 2.75) is 51.0 Å². The summed E-state index contributed by atoms with van der Waals surface area (Å²) in [5.41, 5.74) is 1.90. The van der Waals surface area contributed by atoms with E-state index in [0.29, 0.717) is 17.1 Å². The van der Waals surface area contributed by atoms with Crippen LogP contribution in [0.1, 0.15) is 19.4 Å². The van der Waals surface area contributed by atoms with Crippen LogP contribution in [0, 0.1) is 0 Å². The zero-order chi connectivity index (χ0) is 23.3. The highest BCUT2D eigenvalue weighted by Crippen LogP contribution is 2.30. The summed E-state index contributed by atoms with van der Waals surface area (Å²) < 4.78 is 16.3. The smallest absolute Gasteiger partial charge is 0.329 e. The summed E-state index contributed by atoms with van der Waals surface area (Å²) in [5.74, 6) is -0.838. The number of phenols is 1. The summed E-state index contributed by atoms with van der Waals surface area (Å²) in [4.78, 5) is 10.8. The normalized spacial score (nSPS) is 25.7. The molecule has 10 nitrogen and oxygen atoms in total. The number of nitrogens with zero attached hydrogens (tertiary/aromatic N) is 2. The third kappa shape index (κ3) is 5.80. The van der Waals surface area contributed by atoms with Crippen LogP contribution in [0.3, 0.4) is 0 Å². The molecule has 1 aliphatic rings. The Balaban J connectivity index is 1.66. The first kappa shape index (κ1) is 23.6. The van der Waals surface area contributed by atoms with E-state index in [4.69, 9.17) is 19.3 Å². The summed E-state index contributed by atoms with van der Waals surface area (Å²) in [6.07, 6.45) is -4.92. The van der Waals surface area contributed by atoms with Crippen molar-refractivity contribution in [2.75, 3.05) is 6.61 Å². The molecule has 0 spiro atoms. The molecule has 0 aliphatic carbocycles. The van der Waals surface area contributed by atoms with E-state index in [-0.39, 0.29) is 5.75 Å². The number of aliphatic carboxylic acids is 1. The molecule has 2 aromatic rings. The first-order chi connectivity index (χ1) is 15.3. The molecule has 1 fully saturated rings. The van der Waals surface area contributed by atoms with E-state index >= 15 is 0 Å². The van der Waals surface area contributed by atoms with Crippen LogP contribution in [-0.4, -0.2) is 63.7 Å². The van der Waals surface area contributed by atoms with Crippen molar-refractivity contribution in [3.8, 4) is 11.5 Å². The van der Waals surface area contributed by atoms with E-state index in [9.17, 15) is 20.1 Å². The molecule has 1 aliphatic heterocycles. The van der Waals surface area contributed by atoms with Gasteiger partial charge in [-0.05, 0) is 55.3 Å². The second kappa shape index (κ2) is 10.5. The molecular weight excluding hydrogens is 420 g/mol. The molecule has 0 aromatic heterocycles. The maximum absolute atomic E-state index is 10.8. The van der Waals surface area contributed by atoms with Gasteiger partial charge in [0.15, 0.2) is 0 Å². The predicted octanol–water partition coefficient (Wildman–Crippen LogP) is 2.69. The lowest BCUT2D eigenvalue weighted by Crippen LogP contribution is -2.59. The van der Waals surface area contributed by atoms with Crippen molar-refractivity contribution in [2.24, 2.45) is 10.2 Å². The number of rotatable bonds is 8. The Labute approximate surface area is 184 Å². The van der Waals surface area contributed by atoms with Crippen molar-refractivity contribution in [1.29, 1.82) is 0 Å². The number of carbonyl (C=O) groups is 1. The number of aliphatic hydroxyl groups is 2. The molecule has 32 heavy (non-hydrogen) atoms. The summed E-state index contributed by atoms with van der Waals surface area (Å²) in [5, 5.41) is 47.5. The lowest BCUT2D eigenvalue weighted by Gasteiger charge is -2.40. The molecule has 0 radical (unpaired) electrons. The van der Waals surface area contributed by atoms with Gasteiger partial charge in [0.05, 0.1) is 11.8 Å². The number of carboxylic acids is 1. The van der Waals surface area contributed by atoms with E-state index in [0.717, 1.165) is 12.0 Å². The van der Waals surface area contributed by atoms with Crippen LogP contribution in [0.2, 0.25) is 0 Å². The minimum Gasteiger partial charge on any atom is -0.506 e. The average molecular weight is 446 g/mol. The minimum absolute atomic E-state index is 0.0327. The maximum atomic E-state index is 10.8. The zero-order valence-electron chi connectivity index (χ0n) is 17.7. The largest absolute Gasteiger partial charge is 0.506 e. The van der Waals surface area contributed by atoms with Gasteiger partial charge in [0.1, 0.15) is 42.1 Å². The molecular formula is C22H26N2O8. The Bertz CT molecular complexity index is 949. The molecule has 0 unspecified atom stereocenters. The van der Waals surface area contributed by atoms with Gasteiger partial charge in [-0.3, -0.25) is 0 Å². The predicted molar refractivity (Wildman–Crippen MR) is 112 cm³/mol. The van der Waals surface area contributed by atoms with Crippen molar-refractivity contribution < 1.29 is 39.4 Å². The van der Waals surface area contributed by atoms with Crippen LogP contribution in [0.5, 0.6) is 11.5 Å². The van der Waals surface area contributed by atoms with Gasteiger partial charge in [-0.25, -0.2) is 4.79 Å². The first-order valence-electron chi connectivity index (χ1n) is 10.1. The summed E-state index contributed by atoms with van der Waals surface area (Å²) in [7, 11) is 0. The van der Waals surface area contributed by atoms with Gasteiger partial charge in [-0.15, -0.1) is 5.11 Å². The standard InChI is InChI=1S/C22H26N2O8/c1-3-13-4-9-17(25)16(10-13)24-23-14-5-7-15(8-6-14)32-22-20(29)21(30-11-18(26)27)19(28)12(2)31-22/h4-10,12,19-22,25,28-29H,3,11H2,1-2H3,(H,26,27)/t12-,19+,20-,21+,22+/m0/s1. The van der Waals surface area contributed by atoms with Crippen LogP contribution < -0.4 is 4.74 Å². The second-order valence-corrected chi connectivity index (χ2v) is 7.35. The molecule has 172 valence electrons. The van der Waals surface area contributed by atoms with Gasteiger partial charge < -0.3 is 34.6 Å². The highest BCUT2D eigenvalue weighted by Gasteiger charge is 2.45. The highest BCUT2D eigenvalue weighted by atomic mass is 16.7. The Morgan fingerprint density at radius 1 is 1.09 bits per heavy atom. The summed E-state index contributed by atoms with van der Waals surface area (Å²) >= 11 is 0. The Kier molecular flexibility index (Phi) is 7.75. The topological polar surface area (TPSA) is 150 Å². The van der Waals surface area contributed by atoms with Gasteiger partial charge in [-0.1, -0.05) is 13.0 Å². The third-order valence-electron chi connectivity index (χ3n) is 4.99. The number of carboxylic acid groups (broad SMARTS) is 1. The Morgan fingerprint density at radius 2 is 1.81 bits per heavy atom. The molecule has 5 atom stereocenters. The molecule has 0 bridgehead atoms. The van der Waals surface area contributed by atoms with E-state index in [1.807, 2.05) is 13.0 Å². The van der Waals surface area contributed by atoms with Gasteiger partial charge in [0.2, 0.25) is 6.29 Å². The molecule has 1 heterocycles. The third-order valence-corrected chi connectivity index (χ3v) is 4.99. The number of ether oxygens (including phenoxy) is 3. The fourth-order valence-corrected chi connectivity index (χ4v) is 3.16. The second-order valence-electron chi connectivity index (χ2n) is 7.35. The van der Waals surface area contributed by atoms with Crippen molar-refractivity contribution >= 4 is 17.3 Å². The summed E-state index contributed by atoms with van der Waals surface area (Å²) in [6, 6.07) is 11.6.